The molecule has 1 saturated heterocycles. The molecular weight excluding hydrogens is 88.1 g/mol. The lowest BCUT2D eigenvalue weighted by Gasteiger charge is -2.07. The minimum Gasteiger partial charge on any atom is -0.378 e. The van der Waals surface area contributed by atoms with Crippen LogP contribution in [0.15, 0.2) is 0 Å². The van der Waals surface area contributed by atoms with Gasteiger partial charge in [0.2, 0.25) is 0 Å². The summed E-state index contributed by atoms with van der Waals surface area (Å²) in [4.78, 5) is 0. The van der Waals surface area contributed by atoms with Gasteiger partial charge in [-0.05, 0) is 25.2 Å². The highest BCUT2D eigenvalue weighted by Crippen LogP contribution is 2.40. The molecule has 0 radical (unpaired) electrons. The fraction of sp³-hybridized carbons (Fsp3) is 1.00. The van der Waals surface area contributed by atoms with Gasteiger partial charge in [0, 0.05) is 6.61 Å². The molecule has 0 bridgehead atoms. The zero-order valence-corrected chi connectivity index (χ0v) is 4.39. The van der Waals surface area contributed by atoms with E-state index < -0.39 is 0 Å². The van der Waals surface area contributed by atoms with Gasteiger partial charge in [0.05, 0.1) is 6.10 Å². The fourth-order valence-electron chi connectivity index (χ4n) is 1.31. The summed E-state index contributed by atoms with van der Waals surface area (Å²) >= 11 is 0. The summed E-state index contributed by atoms with van der Waals surface area (Å²) < 4.78 is 5.35. The third-order valence-electron chi connectivity index (χ3n) is 1.91. The summed E-state index contributed by atoms with van der Waals surface area (Å²) in [6.45, 7) is 1.03. The quantitative estimate of drug-likeness (QED) is 0.442. The van der Waals surface area contributed by atoms with Crippen molar-refractivity contribution in [3.05, 3.63) is 0 Å². The van der Waals surface area contributed by atoms with Gasteiger partial charge in [-0.15, -0.1) is 0 Å². The zero-order valence-electron chi connectivity index (χ0n) is 4.39. The molecule has 40 valence electrons. The monoisotopic (exact) mass is 98.1 g/mol. The second-order valence-electron chi connectivity index (χ2n) is 2.55. The van der Waals surface area contributed by atoms with Crippen molar-refractivity contribution in [2.45, 2.75) is 25.4 Å². The average Bonchev–Trinajstić information content (AvgIpc) is 2.41. The minimum atomic E-state index is 0.703. The molecule has 2 atom stereocenters. The van der Waals surface area contributed by atoms with E-state index in [0.29, 0.717) is 6.10 Å². The highest BCUT2D eigenvalue weighted by molar-refractivity contribution is 4.89. The van der Waals surface area contributed by atoms with Crippen molar-refractivity contribution < 1.29 is 4.74 Å². The molecule has 2 rings (SSSR count). The van der Waals surface area contributed by atoms with Gasteiger partial charge in [-0.3, -0.25) is 0 Å². The van der Waals surface area contributed by atoms with E-state index >= 15 is 0 Å². The van der Waals surface area contributed by atoms with E-state index in [2.05, 4.69) is 0 Å². The Hall–Kier alpha value is -0.0400. The van der Waals surface area contributed by atoms with Gasteiger partial charge in [0.15, 0.2) is 0 Å². The third kappa shape index (κ3) is 0.556. The Morgan fingerprint density at radius 3 is 3.00 bits per heavy atom. The second-order valence-corrected chi connectivity index (χ2v) is 2.55. The average molecular weight is 98.1 g/mol. The van der Waals surface area contributed by atoms with Crippen molar-refractivity contribution in [2.24, 2.45) is 5.92 Å². The van der Waals surface area contributed by atoms with Crippen molar-refractivity contribution in [1.29, 1.82) is 0 Å². The highest BCUT2D eigenvalue weighted by Gasteiger charge is 2.39. The topological polar surface area (TPSA) is 9.23 Å². The summed E-state index contributed by atoms with van der Waals surface area (Å²) in [5, 5.41) is 0. The molecule has 2 unspecified atom stereocenters. The predicted molar refractivity (Wildman–Crippen MR) is 27.1 cm³/mol. The van der Waals surface area contributed by atoms with Crippen LogP contribution < -0.4 is 0 Å². The molecule has 0 aromatic heterocycles. The van der Waals surface area contributed by atoms with E-state index in [1.165, 1.54) is 19.3 Å². The van der Waals surface area contributed by atoms with Crippen LogP contribution in [0, 0.1) is 5.92 Å². The van der Waals surface area contributed by atoms with Gasteiger partial charge in [-0.25, -0.2) is 0 Å². The van der Waals surface area contributed by atoms with Gasteiger partial charge in [-0.1, -0.05) is 0 Å². The first-order chi connectivity index (χ1) is 3.47. The number of hydrogen-bond donors (Lipinski definition) is 0. The third-order valence-corrected chi connectivity index (χ3v) is 1.91. The lowest BCUT2D eigenvalue weighted by molar-refractivity contribution is 0.0798. The van der Waals surface area contributed by atoms with E-state index in [-0.39, 0.29) is 0 Å². The SMILES string of the molecule is C1COC2CC2C1. The molecule has 1 heteroatoms. The first-order valence-corrected chi connectivity index (χ1v) is 3.08. The van der Waals surface area contributed by atoms with Crippen LogP contribution in [0.1, 0.15) is 19.3 Å². The number of fused-ring (bicyclic) bond motifs is 1. The van der Waals surface area contributed by atoms with Gasteiger partial charge < -0.3 is 4.74 Å². The van der Waals surface area contributed by atoms with E-state index in [9.17, 15) is 0 Å². The Bertz CT molecular complexity index is 70.2. The molecule has 0 N–H and O–H groups in total. The van der Waals surface area contributed by atoms with E-state index in [1.54, 1.807) is 0 Å². The van der Waals surface area contributed by atoms with E-state index in [0.717, 1.165) is 12.5 Å². The maximum absolute atomic E-state index is 5.35. The molecule has 7 heavy (non-hydrogen) atoms. The largest absolute Gasteiger partial charge is 0.378 e. The van der Waals surface area contributed by atoms with Crippen LogP contribution >= 0.6 is 0 Å². The van der Waals surface area contributed by atoms with Crippen molar-refractivity contribution in [2.75, 3.05) is 6.61 Å². The van der Waals surface area contributed by atoms with Crippen LogP contribution in [-0.4, -0.2) is 12.7 Å². The summed E-state index contributed by atoms with van der Waals surface area (Å²) in [5.74, 6) is 0.980. The Kier molecular flexibility index (Phi) is 0.680. The van der Waals surface area contributed by atoms with Crippen LogP contribution in [0.3, 0.4) is 0 Å². The summed E-state index contributed by atoms with van der Waals surface area (Å²) in [6, 6.07) is 0. The van der Waals surface area contributed by atoms with E-state index in [4.69, 9.17) is 4.74 Å². The van der Waals surface area contributed by atoms with Crippen molar-refractivity contribution >= 4 is 0 Å². The number of hydrogen-bond acceptors (Lipinski definition) is 1. The molecule has 0 aromatic carbocycles. The molecule has 1 heterocycles. The number of rotatable bonds is 0. The van der Waals surface area contributed by atoms with Crippen LogP contribution in [0.5, 0.6) is 0 Å². The van der Waals surface area contributed by atoms with Crippen molar-refractivity contribution in [3.8, 4) is 0 Å². The first kappa shape index (κ1) is 3.90. The molecule has 1 aliphatic carbocycles. The molecule has 0 spiro atoms. The maximum Gasteiger partial charge on any atom is 0.0607 e. The van der Waals surface area contributed by atoms with Crippen LogP contribution in [0.2, 0.25) is 0 Å². The maximum atomic E-state index is 5.35. The Labute approximate surface area is 43.7 Å². The smallest absolute Gasteiger partial charge is 0.0607 e. The molecule has 1 nitrogen and oxygen atoms in total. The number of ether oxygens (including phenoxy) is 1. The molecule has 0 aromatic rings. The summed E-state index contributed by atoms with van der Waals surface area (Å²) in [5.41, 5.74) is 0. The molecule has 2 fully saturated rings. The lowest BCUT2D eigenvalue weighted by atomic mass is 10.2. The summed E-state index contributed by atoms with van der Waals surface area (Å²) in [7, 11) is 0. The summed E-state index contributed by atoms with van der Waals surface area (Å²) in [6.07, 6.45) is 4.81. The lowest BCUT2D eigenvalue weighted by Crippen LogP contribution is -2.05. The molecular formula is C6H10O. The normalized spacial score (nSPS) is 48.0. The minimum absolute atomic E-state index is 0.703. The molecule has 2 aliphatic rings. The van der Waals surface area contributed by atoms with Crippen LogP contribution in [0.25, 0.3) is 0 Å². The van der Waals surface area contributed by atoms with Crippen LogP contribution in [0.4, 0.5) is 0 Å². The van der Waals surface area contributed by atoms with Gasteiger partial charge in [-0.2, -0.15) is 0 Å². The molecule has 1 aliphatic heterocycles. The second kappa shape index (κ2) is 1.22. The van der Waals surface area contributed by atoms with E-state index in [1.807, 2.05) is 0 Å². The van der Waals surface area contributed by atoms with Crippen LogP contribution in [-0.2, 0) is 4.74 Å². The molecule has 0 amide bonds. The molecule has 1 saturated carbocycles. The van der Waals surface area contributed by atoms with Gasteiger partial charge >= 0.3 is 0 Å². The highest BCUT2D eigenvalue weighted by atomic mass is 16.5. The standard InChI is InChI=1S/C6H10O/c1-2-5-4-6(5)7-3-1/h5-6H,1-4H2. The van der Waals surface area contributed by atoms with Crippen molar-refractivity contribution in [3.63, 3.8) is 0 Å². The Morgan fingerprint density at radius 1 is 1.43 bits per heavy atom. The Balaban J connectivity index is 1.95. The van der Waals surface area contributed by atoms with Gasteiger partial charge in [0.25, 0.3) is 0 Å². The predicted octanol–water partition coefficient (Wildman–Crippen LogP) is 1.19. The van der Waals surface area contributed by atoms with Gasteiger partial charge in [0.1, 0.15) is 0 Å². The zero-order chi connectivity index (χ0) is 4.69. The Morgan fingerprint density at radius 2 is 2.43 bits per heavy atom. The van der Waals surface area contributed by atoms with Crippen molar-refractivity contribution in [1.82, 2.24) is 0 Å². The fourth-order valence-corrected chi connectivity index (χ4v) is 1.31. The first-order valence-electron chi connectivity index (χ1n) is 3.08.